The van der Waals surface area contributed by atoms with Gasteiger partial charge in [-0.05, 0) is 62.8 Å². The monoisotopic (exact) mass is 288 g/mol. The van der Waals surface area contributed by atoms with Crippen molar-refractivity contribution in [2.24, 2.45) is 5.92 Å². The lowest BCUT2D eigenvalue weighted by Crippen LogP contribution is -2.29. The van der Waals surface area contributed by atoms with Gasteiger partial charge >= 0.3 is 0 Å². The van der Waals surface area contributed by atoms with Crippen LogP contribution < -0.4 is 4.90 Å². The van der Waals surface area contributed by atoms with Gasteiger partial charge in [-0.25, -0.2) is 0 Å². The molecule has 2 heterocycles. The summed E-state index contributed by atoms with van der Waals surface area (Å²) in [6.45, 7) is 7.50. The lowest BCUT2D eigenvalue weighted by atomic mass is 10.0. The van der Waals surface area contributed by atoms with Crippen LogP contribution in [-0.4, -0.2) is 42.3 Å². The number of benzene rings is 1. The van der Waals surface area contributed by atoms with Gasteiger partial charge in [0.15, 0.2) is 0 Å². The van der Waals surface area contributed by atoms with Gasteiger partial charge in [0, 0.05) is 31.9 Å². The molecule has 2 aliphatic heterocycles. The third-order valence-electron chi connectivity index (χ3n) is 5.05. The molecular formula is C18H28N2O. The maximum Gasteiger partial charge on any atom is 0.0552 e. The van der Waals surface area contributed by atoms with Gasteiger partial charge in [-0.2, -0.15) is 0 Å². The molecule has 0 amide bonds. The number of anilines is 1. The first kappa shape index (κ1) is 14.9. The molecule has 1 N–H and O–H groups in total. The van der Waals surface area contributed by atoms with Crippen molar-refractivity contribution in [3.8, 4) is 0 Å². The molecule has 21 heavy (non-hydrogen) atoms. The first-order chi connectivity index (χ1) is 10.2. The molecule has 3 nitrogen and oxygen atoms in total. The molecule has 116 valence electrons. The minimum absolute atomic E-state index is 0.170. The van der Waals surface area contributed by atoms with E-state index in [1.54, 1.807) is 0 Å². The molecule has 1 aromatic rings. The standard InChI is InChI=1S/C18H28N2O/c1-15(21)17-9-12-19(14-17)13-16-5-7-18(8-6-16)20-10-3-2-4-11-20/h5-8,15,17,21H,2-4,9-14H2,1H3. The van der Waals surface area contributed by atoms with Gasteiger partial charge in [-0.1, -0.05) is 12.1 Å². The molecular weight excluding hydrogens is 260 g/mol. The van der Waals surface area contributed by atoms with Crippen LogP contribution in [0.15, 0.2) is 24.3 Å². The van der Waals surface area contributed by atoms with Gasteiger partial charge in [-0.15, -0.1) is 0 Å². The molecule has 2 fully saturated rings. The first-order valence-electron chi connectivity index (χ1n) is 8.47. The van der Waals surface area contributed by atoms with E-state index in [-0.39, 0.29) is 6.10 Å². The fourth-order valence-corrected chi connectivity index (χ4v) is 3.62. The van der Waals surface area contributed by atoms with E-state index in [4.69, 9.17) is 0 Å². The van der Waals surface area contributed by atoms with Gasteiger partial charge in [0.2, 0.25) is 0 Å². The highest BCUT2D eigenvalue weighted by Gasteiger charge is 2.25. The zero-order valence-corrected chi connectivity index (χ0v) is 13.2. The lowest BCUT2D eigenvalue weighted by molar-refractivity contribution is 0.127. The van der Waals surface area contributed by atoms with Gasteiger partial charge in [0.05, 0.1) is 6.10 Å². The van der Waals surface area contributed by atoms with Gasteiger partial charge < -0.3 is 10.0 Å². The number of hydrogen-bond acceptors (Lipinski definition) is 3. The van der Waals surface area contributed by atoms with E-state index in [0.29, 0.717) is 5.92 Å². The van der Waals surface area contributed by atoms with Crippen LogP contribution in [0, 0.1) is 5.92 Å². The Labute approximate surface area is 128 Å². The van der Waals surface area contributed by atoms with Crippen LogP contribution in [-0.2, 0) is 6.54 Å². The molecule has 3 heteroatoms. The molecule has 2 unspecified atom stereocenters. The summed E-state index contributed by atoms with van der Waals surface area (Å²) in [6, 6.07) is 9.12. The molecule has 2 saturated heterocycles. The molecule has 2 aliphatic rings. The maximum atomic E-state index is 9.68. The number of hydrogen-bond donors (Lipinski definition) is 1. The summed E-state index contributed by atoms with van der Waals surface area (Å²) in [5.74, 6) is 0.456. The second-order valence-electron chi connectivity index (χ2n) is 6.74. The maximum absolute atomic E-state index is 9.68. The fourth-order valence-electron chi connectivity index (χ4n) is 3.62. The Morgan fingerprint density at radius 2 is 1.81 bits per heavy atom. The highest BCUT2D eigenvalue weighted by Crippen LogP contribution is 2.23. The Morgan fingerprint density at radius 3 is 2.43 bits per heavy atom. The normalized spacial score (nSPS) is 25.2. The zero-order valence-electron chi connectivity index (χ0n) is 13.2. The molecule has 2 atom stereocenters. The van der Waals surface area contributed by atoms with E-state index in [1.807, 2.05) is 6.92 Å². The van der Waals surface area contributed by atoms with E-state index < -0.39 is 0 Å². The largest absolute Gasteiger partial charge is 0.393 e. The van der Waals surface area contributed by atoms with Gasteiger partial charge in [0.1, 0.15) is 0 Å². The van der Waals surface area contributed by atoms with Crippen LogP contribution in [0.4, 0.5) is 5.69 Å². The molecule has 0 bridgehead atoms. The van der Waals surface area contributed by atoms with Crippen molar-refractivity contribution < 1.29 is 5.11 Å². The van der Waals surface area contributed by atoms with Crippen molar-refractivity contribution in [3.63, 3.8) is 0 Å². The van der Waals surface area contributed by atoms with Crippen LogP contribution >= 0.6 is 0 Å². The summed E-state index contributed by atoms with van der Waals surface area (Å²) in [7, 11) is 0. The molecule has 1 aromatic carbocycles. The highest BCUT2D eigenvalue weighted by atomic mass is 16.3. The number of aliphatic hydroxyl groups excluding tert-OH is 1. The van der Waals surface area contributed by atoms with E-state index in [0.717, 1.165) is 26.1 Å². The molecule has 0 spiro atoms. The predicted molar refractivity (Wildman–Crippen MR) is 87.6 cm³/mol. The first-order valence-corrected chi connectivity index (χ1v) is 8.47. The van der Waals surface area contributed by atoms with Gasteiger partial charge in [0.25, 0.3) is 0 Å². The smallest absolute Gasteiger partial charge is 0.0552 e. The number of rotatable bonds is 4. The topological polar surface area (TPSA) is 26.7 Å². The van der Waals surface area contributed by atoms with Crippen molar-refractivity contribution in [2.45, 2.75) is 45.3 Å². The van der Waals surface area contributed by atoms with Crippen LogP contribution in [0.3, 0.4) is 0 Å². The lowest BCUT2D eigenvalue weighted by Gasteiger charge is -2.29. The van der Waals surface area contributed by atoms with Crippen molar-refractivity contribution in [2.75, 3.05) is 31.1 Å². The van der Waals surface area contributed by atoms with Crippen molar-refractivity contribution >= 4 is 5.69 Å². The molecule has 0 aliphatic carbocycles. The van der Waals surface area contributed by atoms with E-state index >= 15 is 0 Å². The average Bonchev–Trinajstić information content (AvgIpc) is 2.98. The summed E-state index contributed by atoms with van der Waals surface area (Å²) in [4.78, 5) is 4.97. The summed E-state index contributed by atoms with van der Waals surface area (Å²) in [5, 5.41) is 9.68. The minimum Gasteiger partial charge on any atom is -0.393 e. The van der Waals surface area contributed by atoms with Crippen LogP contribution in [0.25, 0.3) is 0 Å². The molecule has 0 aromatic heterocycles. The fraction of sp³-hybridized carbons (Fsp3) is 0.667. The van der Waals surface area contributed by atoms with E-state index in [2.05, 4.69) is 34.1 Å². The minimum atomic E-state index is -0.170. The third kappa shape index (κ3) is 3.78. The third-order valence-corrected chi connectivity index (χ3v) is 5.05. The number of nitrogens with zero attached hydrogens (tertiary/aromatic N) is 2. The van der Waals surface area contributed by atoms with Crippen LogP contribution in [0.2, 0.25) is 0 Å². The zero-order chi connectivity index (χ0) is 14.7. The summed E-state index contributed by atoms with van der Waals surface area (Å²) < 4.78 is 0. The summed E-state index contributed by atoms with van der Waals surface area (Å²) in [5.41, 5.74) is 2.77. The molecule has 3 rings (SSSR count). The average molecular weight is 288 g/mol. The Kier molecular flexibility index (Phi) is 4.81. The van der Waals surface area contributed by atoms with Crippen molar-refractivity contribution in [1.29, 1.82) is 0 Å². The second-order valence-corrected chi connectivity index (χ2v) is 6.74. The quantitative estimate of drug-likeness (QED) is 0.923. The Balaban J connectivity index is 1.55. The Bertz CT molecular complexity index is 437. The van der Waals surface area contributed by atoms with Crippen LogP contribution in [0.1, 0.15) is 38.2 Å². The van der Waals surface area contributed by atoms with E-state index in [1.165, 1.54) is 43.6 Å². The van der Waals surface area contributed by atoms with Gasteiger partial charge in [-0.3, -0.25) is 4.90 Å². The van der Waals surface area contributed by atoms with Crippen molar-refractivity contribution in [3.05, 3.63) is 29.8 Å². The molecule has 0 radical (unpaired) electrons. The number of aliphatic hydroxyl groups is 1. The SMILES string of the molecule is CC(O)C1CCN(Cc2ccc(N3CCCCC3)cc2)C1. The highest BCUT2D eigenvalue weighted by molar-refractivity contribution is 5.47. The summed E-state index contributed by atoms with van der Waals surface area (Å²) >= 11 is 0. The van der Waals surface area contributed by atoms with Crippen LogP contribution in [0.5, 0.6) is 0 Å². The Morgan fingerprint density at radius 1 is 1.10 bits per heavy atom. The predicted octanol–water partition coefficient (Wildman–Crippen LogP) is 2.88. The Hall–Kier alpha value is -1.06. The number of piperidine rings is 1. The van der Waals surface area contributed by atoms with E-state index in [9.17, 15) is 5.11 Å². The van der Waals surface area contributed by atoms with Crippen molar-refractivity contribution in [1.82, 2.24) is 4.90 Å². The number of likely N-dealkylation sites (tertiary alicyclic amines) is 1. The summed E-state index contributed by atoms with van der Waals surface area (Å²) in [6.07, 6.45) is 5.00. The second kappa shape index (κ2) is 6.80. The molecule has 0 saturated carbocycles.